The minimum atomic E-state index is 0.834. The Kier molecular flexibility index (Phi) is 9.03. The van der Waals surface area contributed by atoms with E-state index < -0.39 is 0 Å². The van der Waals surface area contributed by atoms with Crippen LogP contribution in [0.5, 0.6) is 0 Å². The Morgan fingerprint density at radius 1 is 0.625 bits per heavy atom. The summed E-state index contributed by atoms with van der Waals surface area (Å²) in [7, 11) is 4.29. The number of thioether (sulfide) groups is 2. The summed E-state index contributed by atoms with van der Waals surface area (Å²) in [5.41, 5.74) is 0. The summed E-state index contributed by atoms with van der Waals surface area (Å²) in [5.74, 6) is 0. The summed E-state index contributed by atoms with van der Waals surface area (Å²) < 4.78 is 2.52. The highest BCUT2D eigenvalue weighted by Crippen LogP contribution is 2.53. The molecule has 96 valence electrons. The molecule has 0 amide bonds. The van der Waals surface area contributed by atoms with Gasteiger partial charge in [0.2, 0.25) is 0 Å². The summed E-state index contributed by atoms with van der Waals surface area (Å²) >= 11 is 4.47. The molecule has 1 fully saturated rings. The minimum absolute atomic E-state index is 0.834. The molecule has 0 saturated carbocycles. The normalized spacial score (nSPS) is 31.3. The Balaban J connectivity index is 2.46. The molecule has 0 aliphatic carbocycles. The Morgan fingerprint density at radius 3 is 1.38 bits per heavy atom. The van der Waals surface area contributed by atoms with Gasteiger partial charge in [0.05, 0.1) is 13.7 Å². The molecular formula is C12H24S4. The molecule has 1 aliphatic heterocycles. The number of hydrogen-bond acceptors (Lipinski definition) is 4. The molecule has 2 unspecified atom stereocenters. The van der Waals surface area contributed by atoms with Gasteiger partial charge in [0, 0.05) is 0 Å². The second kappa shape index (κ2) is 9.35. The van der Waals surface area contributed by atoms with E-state index in [1.807, 2.05) is 0 Å². The summed E-state index contributed by atoms with van der Waals surface area (Å²) in [6.07, 6.45) is 8.12. The van der Waals surface area contributed by atoms with Gasteiger partial charge in [-0.1, -0.05) is 61.6 Å². The van der Waals surface area contributed by atoms with Crippen molar-refractivity contribution in [1.29, 1.82) is 0 Å². The summed E-state index contributed by atoms with van der Waals surface area (Å²) in [5, 5.41) is 0. The lowest BCUT2D eigenvalue weighted by Crippen LogP contribution is -2.04. The van der Waals surface area contributed by atoms with Gasteiger partial charge in [0.25, 0.3) is 0 Å². The third kappa shape index (κ3) is 5.83. The van der Waals surface area contributed by atoms with Crippen LogP contribution in [0.25, 0.3) is 0 Å². The van der Waals surface area contributed by atoms with Gasteiger partial charge in [-0.15, -0.1) is 23.5 Å². The third-order valence-electron chi connectivity index (χ3n) is 2.45. The van der Waals surface area contributed by atoms with E-state index in [2.05, 4.69) is 65.9 Å². The van der Waals surface area contributed by atoms with Crippen LogP contribution in [0.15, 0.2) is 0 Å². The standard InChI is InChI=1S/C12H24S4/c1-4-7-10-13-11(8-5-2)15-16-12(14-10)9-6-3/h10-12H,4-9H2,1-3H3. The average molecular weight is 297 g/mol. The molecule has 2 atom stereocenters. The molecule has 1 saturated heterocycles. The van der Waals surface area contributed by atoms with E-state index in [9.17, 15) is 0 Å². The smallest absolute Gasteiger partial charge is 0.0617 e. The molecule has 1 aliphatic rings. The van der Waals surface area contributed by atoms with Crippen LogP contribution in [0.1, 0.15) is 59.3 Å². The van der Waals surface area contributed by atoms with Crippen LogP contribution in [-0.2, 0) is 0 Å². The monoisotopic (exact) mass is 296 g/mol. The summed E-state index contributed by atoms with van der Waals surface area (Å²) in [6, 6.07) is 0. The van der Waals surface area contributed by atoms with E-state index >= 15 is 0 Å². The van der Waals surface area contributed by atoms with E-state index in [0.717, 1.165) is 13.7 Å². The summed E-state index contributed by atoms with van der Waals surface area (Å²) in [6.45, 7) is 6.93. The fraction of sp³-hybridized carbons (Fsp3) is 1.00. The molecule has 1 heterocycles. The van der Waals surface area contributed by atoms with Crippen LogP contribution in [0, 0.1) is 0 Å². The topological polar surface area (TPSA) is 0 Å². The van der Waals surface area contributed by atoms with Crippen molar-refractivity contribution in [3.8, 4) is 0 Å². The minimum Gasteiger partial charge on any atom is -0.132 e. The largest absolute Gasteiger partial charge is 0.132 e. The first-order valence-corrected chi connectivity index (χ1v) is 10.6. The van der Waals surface area contributed by atoms with Crippen molar-refractivity contribution in [2.45, 2.75) is 73.0 Å². The van der Waals surface area contributed by atoms with Gasteiger partial charge in [-0.2, -0.15) is 0 Å². The molecule has 0 aromatic carbocycles. The highest BCUT2D eigenvalue weighted by atomic mass is 33.1. The molecule has 1 rings (SSSR count). The SMILES string of the molecule is CCCC1SSC(CCC)SC(CCC)S1. The maximum atomic E-state index is 2.32. The zero-order chi connectivity index (χ0) is 11.8. The molecule has 0 N–H and O–H groups in total. The lowest BCUT2D eigenvalue weighted by Gasteiger charge is -2.18. The first-order valence-electron chi connectivity index (χ1n) is 6.43. The van der Waals surface area contributed by atoms with Crippen LogP contribution in [0.2, 0.25) is 0 Å². The molecule has 0 radical (unpaired) electrons. The van der Waals surface area contributed by atoms with Crippen molar-refractivity contribution >= 4 is 45.1 Å². The first-order chi connectivity index (χ1) is 7.80. The van der Waals surface area contributed by atoms with Crippen molar-refractivity contribution in [2.75, 3.05) is 0 Å². The van der Waals surface area contributed by atoms with E-state index in [0.29, 0.717) is 0 Å². The zero-order valence-electron chi connectivity index (χ0n) is 10.6. The predicted octanol–water partition coefficient (Wildman–Crippen LogP) is 6.23. The van der Waals surface area contributed by atoms with Crippen LogP contribution < -0.4 is 0 Å². The maximum absolute atomic E-state index is 2.32. The fourth-order valence-corrected chi connectivity index (χ4v) is 10.3. The fourth-order valence-electron chi connectivity index (χ4n) is 1.62. The van der Waals surface area contributed by atoms with E-state index in [1.165, 1.54) is 38.5 Å². The number of rotatable bonds is 6. The molecule has 4 heteroatoms. The van der Waals surface area contributed by atoms with Crippen LogP contribution in [-0.4, -0.2) is 13.7 Å². The van der Waals surface area contributed by atoms with Crippen LogP contribution >= 0.6 is 45.1 Å². The average Bonchev–Trinajstić information content (AvgIpc) is 2.43. The lowest BCUT2D eigenvalue weighted by atomic mass is 10.4. The predicted molar refractivity (Wildman–Crippen MR) is 86.5 cm³/mol. The molecule has 0 aromatic rings. The molecule has 0 spiro atoms. The van der Waals surface area contributed by atoms with E-state index in [-0.39, 0.29) is 0 Å². The Morgan fingerprint density at radius 2 is 1.00 bits per heavy atom. The van der Waals surface area contributed by atoms with Crippen molar-refractivity contribution < 1.29 is 0 Å². The molecule has 0 bridgehead atoms. The van der Waals surface area contributed by atoms with Gasteiger partial charge in [0.1, 0.15) is 0 Å². The van der Waals surface area contributed by atoms with Crippen molar-refractivity contribution in [3.63, 3.8) is 0 Å². The molecule has 0 aromatic heterocycles. The second-order valence-electron chi connectivity index (χ2n) is 4.12. The van der Waals surface area contributed by atoms with Crippen molar-refractivity contribution in [3.05, 3.63) is 0 Å². The lowest BCUT2D eigenvalue weighted by molar-refractivity contribution is 0.842. The Bertz CT molecular complexity index is 158. The molecule has 0 nitrogen and oxygen atoms in total. The highest BCUT2D eigenvalue weighted by molar-refractivity contribution is 8.80. The Labute approximate surface area is 118 Å². The van der Waals surface area contributed by atoms with Gasteiger partial charge >= 0.3 is 0 Å². The third-order valence-corrected chi connectivity index (χ3v) is 9.99. The van der Waals surface area contributed by atoms with Gasteiger partial charge < -0.3 is 0 Å². The van der Waals surface area contributed by atoms with Gasteiger partial charge in [-0.05, 0) is 19.3 Å². The van der Waals surface area contributed by atoms with Crippen molar-refractivity contribution in [2.24, 2.45) is 0 Å². The van der Waals surface area contributed by atoms with Gasteiger partial charge in [-0.3, -0.25) is 0 Å². The van der Waals surface area contributed by atoms with E-state index in [1.54, 1.807) is 0 Å². The second-order valence-corrected chi connectivity index (χ2v) is 10.5. The molecule has 16 heavy (non-hydrogen) atoms. The maximum Gasteiger partial charge on any atom is 0.0617 e. The van der Waals surface area contributed by atoms with E-state index in [4.69, 9.17) is 0 Å². The van der Waals surface area contributed by atoms with Gasteiger partial charge in [0.15, 0.2) is 0 Å². The zero-order valence-corrected chi connectivity index (χ0v) is 13.9. The Hall–Kier alpha value is 1.40. The van der Waals surface area contributed by atoms with Crippen molar-refractivity contribution in [1.82, 2.24) is 0 Å². The number of hydrogen-bond donors (Lipinski definition) is 0. The summed E-state index contributed by atoms with van der Waals surface area (Å²) in [4.78, 5) is 0. The molecular weight excluding hydrogens is 272 g/mol. The van der Waals surface area contributed by atoms with Gasteiger partial charge in [-0.25, -0.2) is 0 Å². The first kappa shape index (κ1) is 15.5. The highest BCUT2D eigenvalue weighted by Gasteiger charge is 2.26. The quantitative estimate of drug-likeness (QED) is 0.533. The van der Waals surface area contributed by atoms with Crippen LogP contribution in [0.4, 0.5) is 0 Å². The van der Waals surface area contributed by atoms with Crippen LogP contribution in [0.3, 0.4) is 0 Å².